The quantitative estimate of drug-likeness (QED) is 0.893. The van der Waals surface area contributed by atoms with Gasteiger partial charge in [-0.15, -0.1) is 0 Å². The fraction of sp³-hybridized carbons (Fsp3) is 0.143. The van der Waals surface area contributed by atoms with Crippen LogP contribution < -0.4 is 15.0 Å². The number of ether oxygens (including phenoxy) is 1. The minimum Gasteiger partial charge on any atom is -0.495 e. The average molecular weight is 255 g/mol. The lowest BCUT2D eigenvalue weighted by Gasteiger charge is -2.30. The van der Waals surface area contributed by atoms with Crippen LogP contribution >= 0.6 is 0 Å². The van der Waals surface area contributed by atoms with Crippen LogP contribution in [0.3, 0.4) is 0 Å². The van der Waals surface area contributed by atoms with E-state index in [4.69, 9.17) is 4.74 Å². The van der Waals surface area contributed by atoms with Crippen LogP contribution in [0.4, 0.5) is 17.1 Å². The molecule has 0 fully saturated rings. The Morgan fingerprint density at radius 2 is 2.16 bits per heavy atom. The van der Waals surface area contributed by atoms with Gasteiger partial charge in [0.1, 0.15) is 12.3 Å². The number of nitrogens with zero attached hydrogens (tertiary/aromatic N) is 2. The molecule has 0 atom stereocenters. The van der Waals surface area contributed by atoms with E-state index < -0.39 is 0 Å². The van der Waals surface area contributed by atoms with E-state index in [0.29, 0.717) is 5.75 Å². The van der Waals surface area contributed by atoms with Gasteiger partial charge in [0.2, 0.25) is 5.91 Å². The van der Waals surface area contributed by atoms with E-state index in [1.807, 2.05) is 35.2 Å². The molecule has 0 spiro atoms. The second-order valence-electron chi connectivity index (χ2n) is 4.23. The Bertz CT molecular complexity index is 628. The molecule has 5 heteroatoms. The molecule has 0 saturated carbocycles. The second kappa shape index (κ2) is 4.61. The zero-order valence-corrected chi connectivity index (χ0v) is 10.5. The Kier molecular flexibility index (Phi) is 2.79. The summed E-state index contributed by atoms with van der Waals surface area (Å²) in [6, 6.07) is 9.55. The molecule has 2 heterocycles. The van der Waals surface area contributed by atoms with Crippen LogP contribution in [0.2, 0.25) is 0 Å². The Morgan fingerprint density at radius 1 is 1.32 bits per heavy atom. The van der Waals surface area contributed by atoms with Gasteiger partial charge in [-0.25, -0.2) is 0 Å². The van der Waals surface area contributed by atoms with Gasteiger partial charge in [-0.2, -0.15) is 0 Å². The fourth-order valence-corrected chi connectivity index (χ4v) is 2.13. The predicted molar refractivity (Wildman–Crippen MR) is 72.9 cm³/mol. The summed E-state index contributed by atoms with van der Waals surface area (Å²) in [6.45, 7) is 0.270. The van der Waals surface area contributed by atoms with E-state index in [-0.39, 0.29) is 12.5 Å². The first-order valence-electron chi connectivity index (χ1n) is 5.93. The monoisotopic (exact) mass is 255 g/mol. The van der Waals surface area contributed by atoms with Gasteiger partial charge in [0, 0.05) is 6.07 Å². The summed E-state index contributed by atoms with van der Waals surface area (Å²) in [5.74, 6) is 0.627. The van der Waals surface area contributed by atoms with Gasteiger partial charge in [0.05, 0.1) is 36.6 Å². The number of amides is 1. The van der Waals surface area contributed by atoms with Crippen LogP contribution in [0.1, 0.15) is 0 Å². The molecular weight excluding hydrogens is 242 g/mol. The molecule has 0 aliphatic carbocycles. The summed E-state index contributed by atoms with van der Waals surface area (Å²) in [6.07, 6.45) is 3.36. The minimum atomic E-state index is -0.0403. The van der Waals surface area contributed by atoms with Crippen LogP contribution in [0.15, 0.2) is 42.7 Å². The van der Waals surface area contributed by atoms with Crippen molar-refractivity contribution in [2.24, 2.45) is 0 Å². The highest BCUT2D eigenvalue weighted by Crippen LogP contribution is 2.35. The zero-order chi connectivity index (χ0) is 13.2. The number of aromatic nitrogens is 1. The molecule has 1 aromatic heterocycles. The van der Waals surface area contributed by atoms with Gasteiger partial charge in [0.25, 0.3) is 0 Å². The zero-order valence-electron chi connectivity index (χ0n) is 10.5. The highest BCUT2D eigenvalue weighted by Gasteiger charge is 2.23. The molecule has 0 bridgehead atoms. The van der Waals surface area contributed by atoms with E-state index in [1.54, 1.807) is 19.5 Å². The van der Waals surface area contributed by atoms with Crippen LogP contribution in [0.25, 0.3) is 0 Å². The van der Waals surface area contributed by atoms with Gasteiger partial charge in [-0.05, 0) is 12.1 Å². The summed E-state index contributed by atoms with van der Waals surface area (Å²) in [7, 11) is 1.59. The Labute approximate surface area is 110 Å². The van der Waals surface area contributed by atoms with Crippen LogP contribution in [0, 0.1) is 0 Å². The molecule has 96 valence electrons. The number of anilines is 3. The van der Waals surface area contributed by atoms with Gasteiger partial charge >= 0.3 is 0 Å². The molecule has 0 unspecified atom stereocenters. The van der Waals surface area contributed by atoms with Gasteiger partial charge in [-0.3, -0.25) is 9.78 Å². The summed E-state index contributed by atoms with van der Waals surface area (Å²) in [5.41, 5.74) is 2.60. The van der Waals surface area contributed by atoms with E-state index in [9.17, 15) is 4.79 Å². The maximum atomic E-state index is 11.8. The fourth-order valence-electron chi connectivity index (χ4n) is 2.13. The molecule has 5 nitrogen and oxygen atoms in total. The number of fused-ring (bicyclic) bond motifs is 1. The summed E-state index contributed by atoms with van der Waals surface area (Å²) >= 11 is 0. The topological polar surface area (TPSA) is 54.5 Å². The van der Waals surface area contributed by atoms with Crippen LogP contribution in [-0.4, -0.2) is 24.5 Å². The maximum Gasteiger partial charge on any atom is 0.244 e. The van der Waals surface area contributed by atoms with E-state index in [1.165, 1.54) is 0 Å². The minimum absolute atomic E-state index is 0.0403. The van der Waals surface area contributed by atoms with Gasteiger partial charge in [0.15, 0.2) is 0 Å². The molecule has 1 amide bonds. The number of para-hydroxylation sites is 2. The van der Waals surface area contributed by atoms with Crippen molar-refractivity contribution in [2.75, 3.05) is 23.9 Å². The Hall–Kier alpha value is -2.56. The van der Waals surface area contributed by atoms with Crippen LogP contribution in [-0.2, 0) is 4.79 Å². The standard InChI is InChI=1S/C14H13N3O2/c1-19-11-6-10(7-15-8-11)17-9-14(18)16-12-4-2-3-5-13(12)17/h2-8H,9H2,1H3,(H,16,18). The van der Waals surface area contributed by atoms with Crippen molar-refractivity contribution in [3.8, 4) is 5.75 Å². The lowest BCUT2D eigenvalue weighted by molar-refractivity contribution is -0.115. The van der Waals surface area contributed by atoms with Crippen molar-refractivity contribution in [1.82, 2.24) is 4.98 Å². The molecular formula is C14H13N3O2. The number of hydrogen-bond acceptors (Lipinski definition) is 4. The molecule has 2 aromatic rings. The lowest BCUT2D eigenvalue weighted by atomic mass is 10.2. The Morgan fingerprint density at radius 3 is 3.00 bits per heavy atom. The average Bonchev–Trinajstić information content (AvgIpc) is 2.46. The molecule has 1 aliphatic rings. The molecule has 0 radical (unpaired) electrons. The molecule has 0 saturated heterocycles. The molecule has 1 aromatic carbocycles. The first kappa shape index (κ1) is 11.5. The highest BCUT2D eigenvalue weighted by molar-refractivity contribution is 6.03. The highest BCUT2D eigenvalue weighted by atomic mass is 16.5. The number of benzene rings is 1. The van der Waals surface area contributed by atoms with Crippen molar-refractivity contribution in [2.45, 2.75) is 0 Å². The molecule has 3 rings (SSSR count). The van der Waals surface area contributed by atoms with E-state index >= 15 is 0 Å². The first-order valence-corrected chi connectivity index (χ1v) is 5.93. The van der Waals surface area contributed by atoms with Crippen molar-refractivity contribution in [3.63, 3.8) is 0 Å². The molecule has 1 N–H and O–H groups in total. The number of hydrogen-bond donors (Lipinski definition) is 1. The third-order valence-electron chi connectivity index (χ3n) is 3.02. The number of nitrogens with one attached hydrogen (secondary N) is 1. The normalized spacial score (nSPS) is 13.7. The second-order valence-corrected chi connectivity index (χ2v) is 4.23. The summed E-state index contributed by atoms with van der Waals surface area (Å²) < 4.78 is 5.17. The van der Waals surface area contributed by atoms with Crippen molar-refractivity contribution >= 4 is 23.0 Å². The molecule has 1 aliphatic heterocycles. The molecule has 19 heavy (non-hydrogen) atoms. The van der Waals surface area contributed by atoms with Crippen LogP contribution in [0.5, 0.6) is 5.75 Å². The van der Waals surface area contributed by atoms with Crippen molar-refractivity contribution in [1.29, 1.82) is 0 Å². The number of pyridine rings is 1. The first-order chi connectivity index (χ1) is 9.28. The summed E-state index contributed by atoms with van der Waals surface area (Å²) in [4.78, 5) is 17.8. The number of carbonyl (C=O) groups is 1. The third kappa shape index (κ3) is 2.10. The number of carbonyl (C=O) groups excluding carboxylic acids is 1. The van der Waals surface area contributed by atoms with E-state index in [0.717, 1.165) is 17.1 Å². The maximum absolute atomic E-state index is 11.8. The number of rotatable bonds is 2. The van der Waals surface area contributed by atoms with Crippen molar-refractivity contribution < 1.29 is 9.53 Å². The Balaban J connectivity index is 2.07. The van der Waals surface area contributed by atoms with Gasteiger partial charge < -0.3 is 15.0 Å². The lowest BCUT2D eigenvalue weighted by Crippen LogP contribution is -2.35. The van der Waals surface area contributed by atoms with E-state index in [2.05, 4.69) is 10.3 Å². The largest absolute Gasteiger partial charge is 0.495 e. The third-order valence-corrected chi connectivity index (χ3v) is 3.02. The number of methoxy groups -OCH3 is 1. The predicted octanol–water partition coefficient (Wildman–Crippen LogP) is 2.18. The smallest absolute Gasteiger partial charge is 0.244 e. The summed E-state index contributed by atoms with van der Waals surface area (Å²) in [5, 5.41) is 2.86. The van der Waals surface area contributed by atoms with Gasteiger partial charge in [-0.1, -0.05) is 12.1 Å². The SMILES string of the molecule is COc1cncc(N2CC(=O)Nc3ccccc32)c1. The van der Waals surface area contributed by atoms with Crippen molar-refractivity contribution in [3.05, 3.63) is 42.7 Å².